The summed E-state index contributed by atoms with van der Waals surface area (Å²) in [6.07, 6.45) is 2.57. The van der Waals surface area contributed by atoms with Crippen molar-refractivity contribution in [1.29, 1.82) is 0 Å². The molecule has 0 bridgehead atoms. The van der Waals surface area contributed by atoms with Crippen LogP contribution in [-0.2, 0) is 10.3 Å². The predicted molar refractivity (Wildman–Crippen MR) is 80.6 cm³/mol. The molecule has 1 saturated carbocycles. The van der Waals surface area contributed by atoms with Crippen molar-refractivity contribution in [2.45, 2.75) is 51.2 Å². The Hall–Kier alpha value is -1.06. The Morgan fingerprint density at radius 1 is 1.35 bits per heavy atom. The van der Waals surface area contributed by atoms with Crippen molar-refractivity contribution >= 4 is 17.5 Å². The molecular weight excluding hydrogens is 274 g/mol. The lowest BCUT2D eigenvalue weighted by Crippen LogP contribution is -2.51. The number of carbonyl (C=O) groups excluding carboxylic acids is 1. The van der Waals surface area contributed by atoms with Gasteiger partial charge in [-0.15, -0.1) is 0 Å². The van der Waals surface area contributed by atoms with Gasteiger partial charge in [-0.2, -0.15) is 0 Å². The van der Waals surface area contributed by atoms with E-state index in [0.29, 0.717) is 5.02 Å². The van der Waals surface area contributed by atoms with E-state index in [2.05, 4.69) is 5.32 Å². The zero-order valence-electron chi connectivity index (χ0n) is 12.0. The van der Waals surface area contributed by atoms with Crippen molar-refractivity contribution in [2.24, 2.45) is 5.92 Å². The van der Waals surface area contributed by atoms with Gasteiger partial charge in [0.1, 0.15) is 0 Å². The first-order valence-corrected chi connectivity index (χ1v) is 7.56. The summed E-state index contributed by atoms with van der Waals surface area (Å²) in [6.45, 7) is 3.83. The number of rotatable bonds is 5. The van der Waals surface area contributed by atoms with Crippen molar-refractivity contribution in [1.82, 2.24) is 5.32 Å². The molecule has 0 aromatic heterocycles. The van der Waals surface area contributed by atoms with Crippen LogP contribution in [0.3, 0.4) is 0 Å². The first-order chi connectivity index (χ1) is 9.43. The van der Waals surface area contributed by atoms with E-state index < -0.39 is 6.10 Å². The van der Waals surface area contributed by atoms with Crippen LogP contribution in [0.2, 0.25) is 5.02 Å². The second-order valence-corrected chi connectivity index (χ2v) is 6.44. The highest BCUT2D eigenvalue weighted by Gasteiger charge is 2.40. The molecule has 1 aliphatic carbocycles. The molecule has 1 aliphatic rings. The number of hydrogen-bond acceptors (Lipinski definition) is 2. The minimum atomic E-state index is -0.586. The van der Waals surface area contributed by atoms with E-state index >= 15 is 0 Å². The number of aliphatic hydroxyl groups excluding tert-OH is 1. The minimum absolute atomic E-state index is 0.0825. The number of nitrogens with one attached hydrogen (secondary N) is 1. The van der Waals surface area contributed by atoms with E-state index in [9.17, 15) is 9.90 Å². The Balaban J connectivity index is 2.05. The van der Waals surface area contributed by atoms with Crippen LogP contribution in [-0.4, -0.2) is 17.1 Å². The minimum Gasteiger partial charge on any atom is -0.392 e. The Bertz CT molecular complexity index is 466. The third-order valence-electron chi connectivity index (χ3n) is 4.15. The molecule has 1 aromatic rings. The second kappa shape index (κ2) is 6.15. The van der Waals surface area contributed by atoms with Crippen molar-refractivity contribution in [3.63, 3.8) is 0 Å². The average Bonchev–Trinajstić information content (AvgIpc) is 2.35. The number of benzene rings is 1. The average molecular weight is 296 g/mol. The van der Waals surface area contributed by atoms with Gasteiger partial charge in [0.15, 0.2) is 0 Å². The highest BCUT2D eigenvalue weighted by molar-refractivity contribution is 6.30. The third-order valence-corrected chi connectivity index (χ3v) is 4.40. The van der Waals surface area contributed by atoms with Gasteiger partial charge >= 0.3 is 0 Å². The van der Waals surface area contributed by atoms with Crippen molar-refractivity contribution in [2.75, 3.05) is 0 Å². The Labute approximate surface area is 125 Å². The van der Waals surface area contributed by atoms with Gasteiger partial charge in [0.05, 0.1) is 18.1 Å². The van der Waals surface area contributed by atoms with Crippen molar-refractivity contribution < 1.29 is 9.90 Å². The summed E-state index contributed by atoms with van der Waals surface area (Å²) in [5.74, 6) is 0.00877. The molecule has 1 atom stereocenters. The lowest BCUT2D eigenvalue weighted by molar-refractivity contribution is -0.126. The van der Waals surface area contributed by atoms with Crippen LogP contribution in [0.15, 0.2) is 24.3 Å². The summed E-state index contributed by atoms with van der Waals surface area (Å²) in [4.78, 5) is 12.1. The monoisotopic (exact) mass is 295 g/mol. The number of hydrogen-bond donors (Lipinski definition) is 2. The molecular formula is C16H22ClNO2. The molecule has 1 amide bonds. The zero-order valence-corrected chi connectivity index (χ0v) is 12.8. The molecule has 0 saturated heterocycles. The fourth-order valence-corrected chi connectivity index (χ4v) is 2.65. The standard InChI is InChI=1S/C16H22ClNO2/c1-11(2)14(19)10-15(20)18-16(8-3-9-16)12-4-6-13(17)7-5-12/h4-7,11,14,19H,3,8-10H2,1-2H3,(H,18,20). The summed E-state index contributed by atoms with van der Waals surface area (Å²) in [5, 5.41) is 13.6. The van der Waals surface area contributed by atoms with Gasteiger partial charge in [-0.05, 0) is 42.9 Å². The summed E-state index contributed by atoms with van der Waals surface area (Å²) in [7, 11) is 0. The molecule has 0 heterocycles. The van der Waals surface area contributed by atoms with Crippen LogP contribution in [0.5, 0.6) is 0 Å². The van der Waals surface area contributed by atoms with E-state index in [1.54, 1.807) is 0 Å². The molecule has 0 aliphatic heterocycles. The summed E-state index contributed by atoms with van der Waals surface area (Å²) in [6, 6.07) is 7.65. The van der Waals surface area contributed by atoms with Crippen LogP contribution in [0.4, 0.5) is 0 Å². The quantitative estimate of drug-likeness (QED) is 0.876. The first-order valence-electron chi connectivity index (χ1n) is 7.18. The Morgan fingerprint density at radius 2 is 1.95 bits per heavy atom. The molecule has 4 heteroatoms. The van der Waals surface area contributed by atoms with E-state index in [4.69, 9.17) is 11.6 Å². The molecule has 110 valence electrons. The zero-order chi connectivity index (χ0) is 14.8. The second-order valence-electron chi connectivity index (χ2n) is 6.01. The molecule has 2 rings (SSSR count). The lowest BCUT2D eigenvalue weighted by Gasteiger charge is -2.43. The van der Waals surface area contributed by atoms with Crippen molar-refractivity contribution in [3.8, 4) is 0 Å². The lowest BCUT2D eigenvalue weighted by atomic mass is 9.71. The van der Waals surface area contributed by atoms with E-state index in [1.165, 1.54) is 0 Å². The van der Waals surface area contributed by atoms with E-state index in [-0.39, 0.29) is 23.8 Å². The molecule has 2 N–H and O–H groups in total. The molecule has 20 heavy (non-hydrogen) atoms. The Kier molecular flexibility index (Phi) is 4.71. The van der Waals surface area contributed by atoms with E-state index in [1.807, 2.05) is 38.1 Å². The molecule has 1 fully saturated rings. The first kappa shape index (κ1) is 15.3. The molecule has 1 aromatic carbocycles. The van der Waals surface area contributed by atoms with Gasteiger partial charge in [-0.25, -0.2) is 0 Å². The predicted octanol–water partition coefficient (Wildman–Crippen LogP) is 3.24. The van der Waals surface area contributed by atoms with Gasteiger partial charge in [-0.1, -0.05) is 37.6 Å². The fraction of sp³-hybridized carbons (Fsp3) is 0.562. The van der Waals surface area contributed by atoms with E-state index in [0.717, 1.165) is 24.8 Å². The number of halogens is 1. The van der Waals surface area contributed by atoms with Crippen LogP contribution < -0.4 is 5.32 Å². The highest BCUT2D eigenvalue weighted by Crippen LogP contribution is 2.41. The molecule has 0 radical (unpaired) electrons. The number of amides is 1. The summed E-state index contributed by atoms with van der Waals surface area (Å²) < 4.78 is 0. The molecule has 3 nitrogen and oxygen atoms in total. The van der Waals surface area contributed by atoms with Crippen LogP contribution in [0.25, 0.3) is 0 Å². The normalized spacial score (nSPS) is 18.4. The van der Waals surface area contributed by atoms with Crippen LogP contribution in [0, 0.1) is 5.92 Å². The topological polar surface area (TPSA) is 49.3 Å². The smallest absolute Gasteiger partial charge is 0.223 e. The third kappa shape index (κ3) is 3.33. The SMILES string of the molecule is CC(C)C(O)CC(=O)NC1(c2ccc(Cl)cc2)CCC1. The summed E-state index contributed by atoms with van der Waals surface area (Å²) >= 11 is 5.91. The van der Waals surface area contributed by atoms with Crippen LogP contribution in [0.1, 0.15) is 45.1 Å². The number of carbonyl (C=O) groups is 1. The van der Waals surface area contributed by atoms with Gasteiger partial charge < -0.3 is 10.4 Å². The maximum absolute atomic E-state index is 12.1. The van der Waals surface area contributed by atoms with Gasteiger partial charge in [0, 0.05) is 5.02 Å². The highest BCUT2D eigenvalue weighted by atomic mass is 35.5. The Morgan fingerprint density at radius 3 is 2.40 bits per heavy atom. The van der Waals surface area contributed by atoms with Crippen molar-refractivity contribution in [3.05, 3.63) is 34.9 Å². The fourth-order valence-electron chi connectivity index (χ4n) is 2.53. The molecule has 1 unspecified atom stereocenters. The number of aliphatic hydroxyl groups is 1. The maximum atomic E-state index is 12.1. The largest absolute Gasteiger partial charge is 0.392 e. The molecule has 0 spiro atoms. The summed E-state index contributed by atoms with van der Waals surface area (Å²) in [5.41, 5.74) is 0.832. The van der Waals surface area contributed by atoms with Gasteiger partial charge in [-0.3, -0.25) is 4.79 Å². The van der Waals surface area contributed by atoms with Gasteiger partial charge in [0.25, 0.3) is 0 Å². The maximum Gasteiger partial charge on any atom is 0.223 e. The van der Waals surface area contributed by atoms with Gasteiger partial charge in [0.2, 0.25) is 5.91 Å². The van der Waals surface area contributed by atoms with Crippen LogP contribution >= 0.6 is 11.6 Å².